The van der Waals surface area contributed by atoms with E-state index in [9.17, 15) is 4.79 Å². The predicted octanol–water partition coefficient (Wildman–Crippen LogP) is 1.79. The van der Waals surface area contributed by atoms with Gasteiger partial charge in [0, 0.05) is 0 Å². The Balaban J connectivity index is 2.88. The van der Waals surface area contributed by atoms with Crippen LogP contribution in [0.3, 0.4) is 0 Å². The lowest BCUT2D eigenvalue weighted by Crippen LogP contribution is -2.11. The van der Waals surface area contributed by atoms with Crippen LogP contribution in [0.15, 0.2) is 33.6 Å². The molecule has 2 rings (SSSR count). The van der Waals surface area contributed by atoms with Crippen LogP contribution >= 0.6 is 11.6 Å². The third-order valence-electron chi connectivity index (χ3n) is 1.66. The number of aromatic nitrogens is 1. The first-order valence-corrected chi connectivity index (χ1v) is 4.01. The molecule has 1 aromatic heterocycles. The summed E-state index contributed by atoms with van der Waals surface area (Å²) in [5.74, 6) is 0. The van der Waals surface area contributed by atoms with E-state index in [1.807, 2.05) is 6.07 Å². The fourth-order valence-electron chi connectivity index (χ4n) is 1.10. The lowest BCUT2D eigenvalue weighted by atomic mass is 10.3. The Bertz CT molecular complexity index is 457. The van der Waals surface area contributed by atoms with E-state index in [0.29, 0.717) is 11.0 Å². The zero-order valence-corrected chi connectivity index (χ0v) is 6.91. The van der Waals surface area contributed by atoms with Crippen LogP contribution < -0.4 is 5.56 Å². The van der Waals surface area contributed by atoms with Gasteiger partial charge in [0.2, 0.25) is 0 Å². The van der Waals surface area contributed by atoms with Crippen molar-refractivity contribution in [2.75, 3.05) is 0 Å². The van der Waals surface area contributed by atoms with Gasteiger partial charge in [0.05, 0.1) is 5.39 Å². The fourth-order valence-corrected chi connectivity index (χ4v) is 1.25. The van der Waals surface area contributed by atoms with Crippen LogP contribution in [0, 0.1) is 0 Å². The number of nitrogens with zero attached hydrogens (tertiary/aromatic N) is 1. The van der Waals surface area contributed by atoms with Gasteiger partial charge in [-0.15, -0.1) is 0 Å². The highest BCUT2D eigenvalue weighted by Gasteiger charge is 2.05. The Kier molecular flexibility index (Phi) is 1.66. The van der Waals surface area contributed by atoms with Crippen molar-refractivity contribution in [3.8, 4) is 0 Å². The molecule has 0 fully saturated rings. The predicted molar refractivity (Wildman–Crippen MR) is 46.3 cm³/mol. The molecule has 0 aliphatic rings. The first kappa shape index (κ1) is 7.43. The van der Waals surface area contributed by atoms with Crippen LogP contribution in [0.5, 0.6) is 0 Å². The van der Waals surface area contributed by atoms with Gasteiger partial charge in [-0.1, -0.05) is 23.7 Å². The van der Waals surface area contributed by atoms with Gasteiger partial charge >= 0.3 is 0 Å². The van der Waals surface area contributed by atoms with Crippen molar-refractivity contribution in [1.82, 2.24) is 4.74 Å². The summed E-state index contributed by atoms with van der Waals surface area (Å²) in [6, 6.07) is 7.10. The van der Waals surface area contributed by atoms with Crippen LogP contribution in [0.25, 0.3) is 11.0 Å². The SMILES string of the molecule is O=c1c2ccccc2on1CCl. The number of hydrogen-bond donors (Lipinski definition) is 0. The van der Waals surface area contributed by atoms with Crippen LogP contribution in [-0.2, 0) is 6.00 Å². The van der Waals surface area contributed by atoms with Crippen molar-refractivity contribution in [2.24, 2.45) is 0 Å². The summed E-state index contributed by atoms with van der Waals surface area (Å²) in [4.78, 5) is 11.3. The molecule has 0 spiro atoms. The molecule has 0 bridgehead atoms. The molecule has 3 nitrogen and oxygen atoms in total. The molecular formula is C8H6ClNO2. The Morgan fingerprint density at radius 2 is 2.17 bits per heavy atom. The second-order valence-electron chi connectivity index (χ2n) is 2.39. The van der Waals surface area contributed by atoms with E-state index >= 15 is 0 Å². The zero-order valence-electron chi connectivity index (χ0n) is 6.16. The summed E-state index contributed by atoms with van der Waals surface area (Å²) >= 11 is 5.47. The van der Waals surface area contributed by atoms with E-state index in [1.54, 1.807) is 18.2 Å². The summed E-state index contributed by atoms with van der Waals surface area (Å²) < 4.78 is 6.24. The van der Waals surface area contributed by atoms with Gasteiger partial charge in [0.1, 0.15) is 6.00 Å². The third kappa shape index (κ3) is 0.940. The lowest BCUT2D eigenvalue weighted by molar-refractivity contribution is 0.316. The molecule has 0 saturated heterocycles. The maximum atomic E-state index is 11.3. The molecule has 0 amide bonds. The molecule has 0 aliphatic heterocycles. The Hall–Kier alpha value is -1.22. The molecule has 0 saturated carbocycles. The van der Waals surface area contributed by atoms with Crippen molar-refractivity contribution in [3.63, 3.8) is 0 Å². The molecule has 1 heterocycles. The van der Waals surface area contributed by atoms with Crippen molar-refractivity contribution in [2.45, 2.75) is 6.00 Å². The van der Waals surface area contributed by atoms with Gasteiger partial charge in [-0.05, 0) is 12.1 Å². The largest absolute Gasteiger partial charge is 0.375 e. The van der Waals surface area contributed by atoms with Crippen LogP contribution in [0.1, 0.15) is 0 Å². The van der Waals surface area contributed by atoms with E-state index in [0.717, 1.165) is 4.74 Å². The number of hydrogen-bond acceptors (Lipinski definition) is 2. The van der Waals surface area contributed by atoms with Crippen molar-refractivity contribution >= 4 is 22.6 Å². The maximum absolute atomic E-state index is 11.3. The Morgan fingerprint density at radius 1 is 1.42 bits per heavy atom. The molecule has 0 unspecified atom stereocenters. The second-order valence-corrected chi connectivity index (χ2v) is 2.63. The van der Waals surface area contributed by atoms with Gasteiger partial charge in [-0.2, -0.15) is 4.74 Å². The topological polar surface area (TPSA) is 35.1 Å². The van der Waals surface area contributed by atoms with Crippen molar-refractivity contribution in [3.05, 3.63) is 34.6 Å². The van der Waals surface area contributed by atoms with E-state index in [-0.39, 0.29) is 11.6 Å². The van der Waals surface area contributed by atoms with E-state index in [1.165, 1.54) is 0 Å². The first-order chi connectivity index (χ1) is 5.83. The van der Waals surface area contributed by atoms with Crippen molar-refractivity contribution < 1.29 is 4.52 Å². The van der Waals surface area contributed by atoms with Gasteiger partial charge in [0.15, 0.2) is 5.58 Å². The smallest absolute Gasteiger partial charge is 0.291 e. The molecular weight excluding hydrogens is 178 g/mol. The maximum Gasteiger partial charge on any atom is 0.291 e. The highest BCUT2D eigenvalue weighted by Crippen LogP contribution is 2.09. The minimum atomic E-state index is -0.180. The summed E-state index contributed by atoms with van der Waals surface area (Å²) in [7, 11) is 0. The monoisotopic (exact) mass is 183 g/mol. The molecule has 0 atom stereocenters. The van der Waals surface area contributed by atoms with Crippen LogP contribution in [0.2, 0.25) is 0 Å². The first-order valence-electron chi connectivity index (χ1n) is 3.48. The third-order valence-corrected chi connectivity index (χ3v) is 1.88. The average molecular weight is 184 g/mol. The summed E-state index contributed by atoms with van der Waals surface area (Å²) in [6.07, 6.45) is 0. The molecule has 12 heavy (non-hydrogen) atoms. The molecule has 62 valence electrons. The number of benzene rings is 1. The van der Waals surface area contributed by atoms with E-state index in [2.05, 4.69) is 0 Å². The van der Waals surface area contributed by atoms with Gasteiger partial charge in [-0.3, -0.25) is 4.79 Å². The average Bonchev–Trinajstić information content (AvgIpc) is 2.44. The van der Waals surface area contributed by atoms with Crippen LogP contribution in [0.4, 0.5) is 0 Å². The molecule has 0 N–H and O–H groups in total. The minimum absolute atomic E-state index is 0.0491. The fraction of sp³-hybridized carbons (Fsp3) is 0.125. The number of rotatable bonds is 1. The molecule has 4 heteroatoms. The number of alkyl halides is 1. The summed E-state index contributed by atoms with van der Waals surface area (Å²) in [5, 5.41) is 0.568. The van der Waals surface area contributed by atoms with E-state index in [4.69, 9.17) is 16.1 Å². The molecule has 2 aromatic rings. The highest BCUT2D eigenvalue weighted by atomic mass is 35.5. The number of para-hydroxylation sites is 1. The van der Waals surface area contributed by atoms with Gasteiger partial charge < -0.3 is 4.52 Å². The molecule has 1 aromatic carbocycles. The quantitative estimate of drug-likeness (QED) is 0.632. The lowest BCUT2D eigenvalue weighted by Gasteiger charge is -1.86. The Morgan fingerprint density at radius 3 is 2.83 bits per heavy atom. The Labute approximate surface area is 73.1 Å². The molecule has 0 aliphatic carbocycles. The minimum Gasteiger partial charge on any atom is -0.375 e. The van der Waals surface area contributed by atoms with Crippen LogP contribution in [-0.4, -0.2) is 4.74 Å². The summed E-state index contributed by atoms with van der Waals surface area (Å²) in [6.45, 7) is 0. The standard InChI is InChI=1S/C8H6ClNO2/c9-5-10-8(11)6-3-1-2-4-7(6)12-10/h1-4H,5H2. The number of halogens is 1. The van der Waals surface area contributed by atoms with Crippen molar-refractivity contribution in [1.29, 1.82) is 0 Å². The number of fused-ring (bicyclic) bond motifs is 1. The summed E-state index contributed by atoms with van der Waals surface area (Å²) in [5.41, 5.74) is 0.392. The molecule has 0 radical (unpaired) electrons. The normalized spacial score (nSPS) is 10.8. The van der Waals surface area contributed by atoms with Gasteiger partial charge in [-0.25, -0.2) is 0 Å². The second kappa shape index (κ2) is 2.68. The zero-order chi connectivity index (χ0) is 8.55. The highest BCUT2D eigenvalue weighted by molar-refractivity contribution is 6.15. The van der Waals surface area contributed by atoms with Gasteiger partial charge in [0.25, 0.3) is 5.56 Å². The van der Waals surface area contributed by atoms with E-state index < -0.39 is 0 Å².